The predicted octanol–water partition coefficient (Wildman–Crippen LogP) is 1.09. The fraction of sp³-hybridized carbons (Fsp3) is 0.875. The van der Waals surface area contributed by atoms with Gasteiger partial charge in [0.05, 0.1) is 13.2 Å². The van der Waals surface area contributed by atoms with Crippen LogP contribution < -0.4 is 0 Å². The Morgan fingerprint density at radius 1 is 1.50 bits per heavy atom. The number of amides is 2. The molecule has 1 heterocycles. The van der Waals surface area contributed by atoms with Crippen LogP contribution in [-0.2, 0) is 4.84 Å². The monoisotopic (exact) mass is 172 g/mol. The van der Waals surface area contributed by atoms with E-state index in [2.05, 4.69) is 0 Å². The fourth-order valence-corrected chi connectivity index (χ4v) is 1.25. The molecule has 0 aromatic rings. The third-order valence-electron chi connectivity index (χ3n) is 2.00. The quantitative estimate of drug-likeness (QED) is 0.624. The lowest BCUT2D eigenvalue weighted by molar-refractivity contribution is -0.0765. The number of urea groups is 1. The van der Waals surface area contributed by atoms with Gasteiger partial charge < -0.3 is 4.90 Å². The topological polar surface area (TPSA) is 32.8 Å². The predicted molar refractivity (Wildman–Crippen MR) is 45.6 cm³/mol. The molecule has 1 rings (SSSR count). The number of carbonyl (C=O) groups excluding carboxylic acids is 1. The summed E-state index contributed by atoms with van der Waals surface area (Å²) in [6.07, 6.45) is 0.951. The Bertz CT molecular complexity index is 147. The minimum absolute atomic E-state index is 0.00231. The Morgan fingerprint density at radius 3 is 2.58 bits per heavy atom. The molecule has 0 aromatic carbocycles. The molecule has 12 heavy (non-hydrogen) atoms. The summed E-state index contributed by atoms with van der Waals surface area (Å²) in [4.78, 5) is 18.4. The minimum atomic E-state index is -0.00231. The van der Waals surface area contributed by atoms with Gasteiger partial charge >= 0.3 is 6.03 Å². The lowest BCUT2D eigenvalue weighted by Crippen LogP contribution is -2.40. The zero-order valence-corrected chi connectivity index (χ0v) is 7.75. The van der Waals surface area contributed by atoms with Crippen molar-refractivity contribution in [2.75, 3.05) is 26.2 Å². The maximum atomic E-state index is 11.5. The Labute approximate surface area is 73.0 Å². The molecule has 0 bridgehead atoms. The van der Waals surface area contributed by atoms with Gasteiger partial charge in [0.15, 0.2) is 0 Å². The molecule has 0 saturated carbocycles. The third kappa shape index (κ3) is 1.88. The van der Waals surface area contributed by atoms with Gasteiger partial charge in [-0.15, -0.1) is 0 Å². The molecule has 0 atom stereocenters. The molecule has 0 N–H and O–H groups in total. The van der Waals surface area contributed by atoms with E-state index >= 15 is 0 Å². The van der Waals surface area contributed by atoms with Crippen molar-refractivity contribution in [3.63, 3.8) is 0 Å². The summed E-state index contributed by atoms with van der Waals surface area (Å²) in [5.41, 5.74) is 0. The maximum absolute atomic E-state index is 11.5. The first-order valence-electron chi connectivity index (χ1n) is 4.49. The normalized spacial score (nSPS) is 16.7. The fourth-order valence-electron chi connectivity index (χ4n) is 1.25. The van der Waals surface area contributed by atoms with Crippen molar-refractivity contribution in [3.05, 3.63) is 0 Å². The molecule has 0 unspecified atom stereocenters. The van der Waals surface area contributed by atoms with Crippen LogP contribution in [-0.4, -0.2) is 42.2 Å². The number of carbonyl (C=O) groups is 1. The van der Waals surface area contributed by atoms with Gasteiger partial charge in [-0.3, -0.25) is 4.84 Å². The summed E-state index contributed by atoms with van der Waals surface area (Å²) in [6.45, 7) is 6.83. The minimum Gasteiger partial charge on any atom is -0.323 e. The van der Waals surface area contributed by atoms with Crippen LogP contribution in [0.25, 0.3) is 0 Å². The van der Waals surface area contributed by atoms with Crippen molar-refractivity contribution in [3.8, 4) is 0 Å². The van der Waals surface area contributed by atoms with E-state index in [1.165, 1.54) is 5.06 Å². The van der Waals surface area contributed by atoms with Gasteiger partial charge in [-0.1, -0.05) is 0 Å². The summed E-state index contributed by atoms with van der Waals surface area (Å²) < 4.78 is 0. The highest BCUT2D eigenvalue weighted by Crippen LogP contribution is 2.07. The Morgan fingerprint density at radius 2 is 2.17 bits per heavy atom. The summed E-state index contributed by atoms with van der Waals surface area (Å²) in [6, 6.07) is -0.00231. The second-order valence-corrected chi connectivity index (χ2v) is 2.74. The molecule has 1 saturated heterocycles. The van der Waals surface area contributed by atoms with E-state index in [9.17, 15) is 4.79 Å². The number of rotatable bonds is 2. The van der Waals surface area contributed by atoms with Crippen molar-refractivity contribution >= 4 is 6.03 Å². The summed E-state index contributed by atoms with van der Waals surface area (Å²) >= 11 is 0. The molecule has 1 aliphatic rings. The maximum Gasteiger partial charge on any atom is 0.343 e. The summed E-state index contributed by atoms with van der Waals surface area (Å²) in [5.74, 6) is 0. The van der Waals surface area contributed by atoms with Crippen LogP contribution in [0, 0.1) is 0 Å². The van der Waals surface area contributed by atoms with Gasteiger partial charge in [-0.2, -0.15) is 0 Å². The first-order chi connectivity index (χ1) is 5.79. The largest absolute Gasteiger partial charge is 0.343 e. The molecule has 4 heteroatoms. The highest BCUT2D eigenvalue weighted by Gasteiger charge is 2.22. The number of hydroxylamine groups is 2. The first-order valence-corrected chi connectivity index (χ1v) is 4.49. The van der Waals surface area contributed by atoms with Gasteiger partial charge in [-0.25, -0.2) is 9.86 Å². The molecule has 1 fully saturated rings. The van der Waals surface area contributed by atoms with Crippen LogP contribution in [0.1, 0.15) is 20.3 Å². The van der Waals surface area contributed by atoms with Crippen LogP contribution in [0.5, 0.6) is 0 Å². The van der Waals surface area contributed by atoms with Crippen LogP contribution in [0.15, 0.2) is 0 Å². The highest BCUT2D eigenvalue weighted by atomic mass is 16.7. The molecule has 70 valence electrons. The molecular formula is C8H16N2O2. The highest BCUT2D eigenvalue weighted by molar-refractivity contribution is 5.73. The zero-order valence-electron chi connectivity index (χ0n) is 7.75. The van der Waals surface area contributed by atoms with E-state index in [1.54, 1.807) is 4.90 Å². The van der Waals surface area contributed by atoms with Gasteiger partial charge in [0.25, 0.3) is 0 Å². The molecule has 0 radical (unpaired) electrons. The first kappa shape index (κ1) is 9.32. The van der Waals surface area contributed by atoms with Gasteiger partial charge in [0, 0.05) is 13.1 Å². The van der Waals surface area contributed by atoms with Crippen molar-refractivity contribution in [2.24, 2.45) is 0 Å². The van der Waals surface area contributed by atoms with Crippen molar-refractivity contribution < 1.29 is 9.63 Å². The number of hydrogen-bond acceptors (Lipinski definition) is 2. The SMILES string of the molecule is CCN(CC)C(=O)N1CCCO1. The average Bonchev–Trinajstić information content (AvgIpc) is 2.58. The molecule has 4 nitrogen and oxygen atoms in total. The van der Waals surface area contributed by atoms with E-state index < -0.39 is 0 Å². The standard InChI is InChI=1S/C8H16N2O2/c1-3-9(4-2)8(11)10-6-5-7-12-10/h3-7H2,1-2H3. The van der Waals surface area contributed by atoms with Crippen LogP contribution in [0.4, 0.5) is 4.79 Å². The van der Waals surface area contributed by atoms with E-state index in [0.29, 0.717) is 6.61 Å². The molecule has 0 aromatic heterocycles. The molecule has 1 aliphatic heterocycles. The van der Waals surface area contributed by atoms with Gasteiger partial charge in [0.1, 0.15) is 0 Å². The van der Waals surface area contributed by atoms with Gasteiger partial charge in [-0.05, 0) is 20.3 Å². The van der Waals surface area contributed by atoms with Crippen LogP contribution in [0.2, 0.25) is 0 Å². The Hall–Kier alpha value is -0.770. The van der Waals surface area contributed by atoms with E-state index in [0.717, 1.165) is 26.1 Å². The molecule has 0 aliphatic carbocycles. The molecular weight excluding hydrogens is 156 g/mol. The van der Waals surface area contributed by atoms with E-state index in [1.807, 2.05) is 13.8 Å². The van der Waals surface area contributed by atoms with Crippen LogP contribution in [0.3, 0.4) is 0 Å². The smallest absolute Gasteiger partial charge is 0.323 e. The second kappa shape index (κ2) is 4.30. The van der Waals surface area contributed by atoms with Crippen molar-refractivity contribution in [2.45, 2.75) is 20.3 Å². The average molecular weight is 172 g/mol. The number of hydrogen-bond donors (Lipinski definition) is 0. The third-order valence-corrected chi connectivity index (χ3v) is 2.00. The van der Waals surface area contributed by atoms with E-state index in [4.69, 9.17) is 4.84 Å². The number of nitrogens with zero attached hydrogens (tertiary/aromatic N) is 2. The Balaban J connectivity index is 2.43. The lowest BCUT2D eigenvalue weighted by Gasteiger charge is -2.24. The summed E-state index contributed by atoms with van der Waals surface area (Å²) in [5, 5.41) is 1.45. The van der Waals surface area contributed by atoms with Crippen molar-refractivity contribution in [1.82, 2.24) is 9.96 Å². The molecule has 0 spiro atoms. The van der Waals surface area contributed by atoms with E-state index in [-0.39, 0.29) is 6.03 Å². The zero-order chi connectivity index (χ0) is 8.97. The Kier molecular flexibility index (Phi) is 3.34. The van der Waals surface area contributed by atoms with Crippen LogP contribution >= 0.6 is 0 Å². The van der Waals surface area contributed by atoms with Crippen molar-refractivity contribution in [1.29, 1.82) is 0 Å². The van der Waals surface area contributed by atoms with Gasteiger partial charge in [0.2, 0.25) is 0 Å². The lowest BCUT2D eigenvalue weighted by atomic mass is 10.5. The molecule has 2 amide bonds. The summed E-state index contributed by atoms with van der Waals surface area (Å²) in [7, 11) is 0. The second-order valence-electron chi connectivity index (χ2n) is 2.74.